The van der Waals surface area contributed by atoms with Crippen molar-refractivity contribution in [1.29, 1.82) is 5.26 Å². The van der Waals surface area contributed by atoms with E-state index in [9.17, 15) is 13.7 Å². The van der Waals surface area contributed by atoms with Crippen LogP contribution in [0.15, 0.2) is 53.7 Å². The quantitative estimate of drug-likeness (QED) is 0.827. The Morgan fingerprint density at radius 2 is 1.73 bits per heavy atom. The van der Waals surface area contributed by atoms with E-state index in [1.54, 1.807) is 34.9 Å². The summed E-state index contributed by atoms with van der Waals surface area (Å²) in [7, 11) is -3.69. The normalized spacial score (nSPS) is 25.6. The second kappa shape index (κ2) is 6.71. The van der Waals surface area contributed by atoms with Gasteiger partial charge in [-0.3, -0.25) is 4.98 Å². The third-order valence-electron chi connectivity index (χ3n) is 5.14. The number of hydrogen-bond donors (Lipinski definition) is 0. The minimum absolute atomic E-state index is 0.00689. The van der Waals surface area contributed by atoms with Crippen LogP contribution < -0.4 is 4.74 Å². The van der Waals surface area contributed by atoms with Crippen molar-refractivity contribution in [3.05, 3.63) is 54.4 Å². The molecule has 7 heteroatoms. The maximum absolute atomic E-state index is 13.2. The van der Waals surface area contributed by atoms with Crippen molar-refractivity contribution in [2.24, 2.45) is 0 Å². The summed E-state index contributed by atoms with van der Waals surface area (Å²) in [6.07, 6.45) is 6.33. The maximum Gasteiger partial charge on any atom is 0.244 e. The molecule has 6 nitrogen and oxygen atoms in total. The highest BCUT2D eigenvalue weighted by Gasteiger charge is 2.48. The Morgan fingerprint density at radius 3 is 2.38 bits per heavy atom. The largest absolute Gasteiger partial charge is 0.490 e. The third-order valence-corrected chi connectivity index (χ3v) is 7.20. The van der Waals surface area contributed by atoms with Crippen LogP contribution in [0.1, 0.15) is 31.2 Å². The number of ether oxygens (including phenoxy) is 1. The van der Waals surface area contributed by atoms with Crippen LogP contribution in [0.2, 0.25) is 0 Å². The van der Waals surface area contributed by atoms with Gasteiger partial charge in [-0.25, -0.2) is 8.42 Å². The second-order valence-electron chi connectivity index (χ2n) is 6.72. The van der Waals surface area contributed by atoms with Gasteiger partial charge in [-0.05, 0) is 37.1 Å². The molecule has 3 heterocycles. The zero-order valence-electron chi connectivity index (χ0n) is 14.2. The van der Waals surface area contributed by atoms with Crippen LogP contribution in [0.3, 0.4) is 0 Å². The number of piperidine rings is 1. The lowest BCUT2D eigenvalue weighted by molar-refractivity contribution is 0.0956. The Hall–Kier alpha value is -2.43. The Balaban J connectivity index is 1.58. The van der Waals surface area contributed by atoms with Crippen molar-refractivity contribution >= 4 is 10.0 Å². The van der Waals surface area contributed by atoms with Gasteiger partial charge in [0, 0.05) is 37.3 Å². The number of sulfonamides is 1. The highest BCUT2D eigenvalue weighted by Crippen LogP contribution is 2.41. The van der Waals surface area contributed by atoms with Crippen LogP contribution in [-0.2, 0) is 10.0 Å². The molecule has 0 aliphatic carbocycles. The number of pyridine rings is 1. The number of benzene rings is 1. The zero-order valence-corrected chi connectivity index (χ0v) is 15.0. The van der Waals surface area contributed by atoms with Crippen molar-refractivity contribution in [3.63, 3.8) is 0 Å². The standard InChI is InChI=1S/C19H19N3O3S/c20-13-14-3-1-2-4-19(14)26(23,24)22-15-5-6-16(22)12-18(11-15)25-17-7-9-21-10-8-17/h1-4,7-10,15-16,18H,5-6,11-12H2. The first-order valence-corrected chi connectivity index (χ1v) is 10.1. The third kappa shape index (κ3) is 2.96. The van der Waals surface area contributed by atoms with Crippen LogP contribution >= 0.6 is 0 Å². The summed E-state index contributed by atoms with van der Waals surface area (Å²) >= 11 is 0. The van der Waals surface area contributed by atoms with E-state index in [0.29, 0.717) is 12.8 Å². The molecule has 0 amide bonds. The van der Waals surface area contributed by atoms with E-state index in [1.807, 2.05) is 18.2 Å². The number of aromatic nitrogens is 1. The van der Waals surface area contributed by atoms with Crippen molar-refractivity contribution in [2.45, 2.75) is 48.8 Å². The van der Waals surface area contributed by atoms with Gasteiger partial charge in [0.05, 0.1) is 10.5 Å². The van der Waals surface area contributed by atoms with Gasteiger partial charge in [-0.1, -0.05) is 12.1 Å². The molecule has 1 aromatic carbocycles. The molecule has 4 rings (SSSR count). The van der Waals surface area contributed by atoms with Gasteiger partial charge >= 0.3 is 0 Å². The molecule has 0 N–H and O–H groups in total. The summed E-state index contributed by atoms with van der Waals surface area (Å²) in [5.41, 5.74) is 0.196. The summed E-state index contributed by atoms with van der Waals surface area (Å²) < 4.78 is 34.1. The summed E-state index contributed by atoms with van der Waals surface area (Å²) in [5.74, 6) is 0.760. The Labute approximate surface area is 153 Å². The van der Waals surface area contributed by atoms with Crippen molar-refractivity contribution in [2.75, 3.05) is 0 Å². The van der Waals surface area contributed by atoms with Crippen LogP contribution in [0, 0.1) is 11.3 Å². The van der Waals surface area contributed by atoms with Crippen LogP contribution in [0.25, 0.3) is 0 Å². The minimum Gasteiger partial charge on any atom is -0.490 e. The maximum atomic E-state index is 13.2. The molecular formula is C19H19N3O3S. The first-order valence-electron chi connectivity index (χ1n) is 8.69. The predicted molar refractivity (Wildman–Crippen MR) is 94.9 cm³/mol. The Morgan fingerprint density at radius 1 is 1.08 bits per heavy atom. The van der Waals surface area contributed by atoms with Crippen molar-refractivity contribution in [3.8, 4) is 11.8 Å². The smallest absolute Gasteiger partial charge is 0.244 e. The van der Waals surface area contributed by atoms with E-state index in [4.69, 9.17) is 4.74 Å². The molecule has 2 aliphatic heterocycles. The highest BCUT2D eigenvalue weighted by atomic mass is 32.2. The number of nitriles is 1. The van der Waals surface area contributed by atoms with Gasteiger partial charge in [-0.15, -0.1) is 0 Å². The lowest BCUT2D eigenvalue weighted by atomic mass is 10.0. The molecule has 0 saturated carbocycles. The average Bonchev–Trinajstić information content (AvgIpc) is 2.95. The Bertz CT molecular complexity index is 926. The lowest BCUT2D eigenvalue weighted by Crippen LogP contribution is -2.49. The van der Waals surface area contributed by atoms with E-state index in [1.165, 1.54) is 6.07 Å². The molecule has 134 valence electrons. The fourth-order valence-corrected chi connectivity index (χ4v) is 6.12. The second-order valence-corrected chi connectivity index (χ2v) is 8.53. The molecule has 2 aliphatic rings. The van der Waals surface area contributed by atoms with Gasteiger partial charge < -0.3 is 4.74 Å². The SMILES string of the molecule is N#Cc1ccccc1S(=O)(=O)N1C2CCC1CC(Oc1ccncc1)C2. The molecular weight excluding hydrogens is 350 g/mol. The summed E-state index contributed by atoms with van der Waals surface area (Å²) in [6.45, 7) is 0. The molecule has 2 atom stereocenters. The van der Waals surface area contributed by atoms with Gasteiger partial charge in [0.1, 0.15) is 17.9 Å². The van der Waals surface area contributed by atoms with Crippen molar-refractivity contribution < 1.29 is 13.2 Å². The lowest BCUT2D eigenvalue weighted by Gasteiger charge is -2.37. The van der Waals surface area contributed by atoms with Crippen LogP contribution in [0.4, 0.5) is 0 Å². The summed E-state index contributed by atoms with van der Waals surface area (Å²) in [6, 6.07) is 11.9. The van der Waals surface area contributed by atoms with Crippen LogP contribution in [-0.4, -0.2) is 35.9 Å². The zero-order chi connectivity index (χ0) is 18.1. The first-order chi connectivity index (χ1) is 12.6. The van der Waals surface area contributed by atoms with Crippen molar-refractivity contribution in [1.82, 2.24) is 9.29 Å². The first kappa shape index (κ1) is 17.0. The number of hydrogen-bond acceptors (Lipinski definition) is 5. The van der Waals surface area contributed by atoms with E-state index in [2.05, 4.69) is 4.98 Å². The monoisotopic (exact) mass is 369 g/mol. The van der Waals surface area contributed by atoms with Crippen LogP contribution in [0.5, 0.6) is 5.75 Å². The number of nitrogens with zero attached hydrogens (tertiary/aromatic N) is 3. The van der Waals surface area contributed by atoms with Gasteiger partial charge in [-0.2, -0.15) is 9.57 Å². The molecule has 2 saturated heterocycles. The molecule has 0 spiro atoms. The van der Waals surface area contributed by atoms with Gasteiger partial charge in [0.25, 0.3) is 0 Å². The number of rotatable bonds is 4. The molecule has 1 aromatic heterocycles. The Kier molecular flexibility index (Phi) is 4.39. The fourth-order valence-electron chi connectivity index (χ4n) is 4.08. The fraction of sp³-hybridized carbons (Fsp3) is 0.368. The van der Waals surface area contributed by atoms with E-state index >= 15 is 0 Å². The van der Waals surface area contributed by atoms with E-state index in [0.717, 1.165) is 18.6 Å². The predicted octanol–water partition coefficient (Wildman–Crippen LogP) is 2.72. The molecule has 2 bridgehead atoms. The minimum atomic E-state index is -3.69. The summed E-state index contributed by atoms with van der Waals surface area (Å²) in [5, 5.41) is 9.28. The molecule has 2 fully saturated rings. The van der Waals surface area contributed by atoms with Gasteiger partial charge in [0.2, 0.25) is 10.0 Å². The molecule has 2 aromatic rings. The summed E-state index contributed by atoms with van der Waals surface area (Å²) in [4.78, 5) is 4.09. The van der Waals surface area contributed by atoms with Gasteiger partial charge in [0.15, 0.2) is 0 Å². The van der Waals surface area contributed by atoms with E-state index in [-0.39, 0.29) is 28.6 Å². The molecule has 0 radical (unpaired) electrons. The highest BCUT2D eigenvalue weighted by molar-refractivity contribution is 7.89. The average molecular weight is 369 g/mol. The topological polar surface area (TPSA) is 83.3 Å². The molecule has 2 unspecified atom stereocenters. The number of fused-ring (bicyclic) bond motifs is 2. The molecule has 26 heavy (non-hydrogen) atoms. The van der Waals surface area contributed by atoms with E-state index < -0.39 is 10.0 Å².